The van der Waals surface area contributed by atoms with Gasteiger partial charge in [-0.2, -0.15) is 0 Å². The van der Waals surface area contributed by atoms with Gasteiger partial charge in [-0.25, -0.2) is 0 Å². The van der Waals surface area contributed by atoms with E-state index in [-0.39, 0.29) is 16.6 Å². The summed E-state index contributed by atoms with van der Waals surface area (Å²) >= 11 is 0. The molecule has 1 unspecified atom stereocenters. The Hall–Kier alpha value is -1.95. The van der Waals surface area contributed by atoms with E-state index < -0.39 is 6.10 Å². The Morgan fingerprint density at radius 3 is 3.00 bits per heavy atom. The Kier molecular flexibility index (Phi) is 4.02. The van der Waals surface area contributed by atoms with Gasteiger partial charge in [-0.1, -0.05) is 6.08 Å². The Morgan fingerprint density at radius 2 is 2.28 bits per heavy atom. The first kappa shape index (κ1) is 16.5. The van der Waals surface area contributed by atoms with Crippen molar-refractivity contribution in [1.82, 2.24) is 4.98 Å². The first-order valence-electron chi connectivity index (χ1n) is 8.87. The Bertz CT molecular complexity index is 809. The van der Waals surface area contributed by atoms with Gasteiger partial charge >= 0.3 is 0 Å². The first-order chi connectivity index (χ1) is 12.1. The second kappa shape index (κ2) is 6.09. The summed E-state index contributed by atoms with van der Waals surface area (Å²) in [5.41, 5.74) is 1.57. The molecule has 3 aliphatic heterocycles. The van der Waals surface area contributed by atoms with E-state index in [4.69, 9.17) is 4.74 Å². The molecule has 0 saturated carbocycles. The van der Waals surface area contributed by atoms with Crippen LogP contribution in [0.1, 0.15) is 24.5 Å². The maximum absolute atomic E-state index is 13.4. The quantitative estimate of drug-likeness (QED) is 0.527. The number of aliphatic hydroxyl groups excluding tert-OH is 1. The van der Waals surface area contributed by atoms with E-state index in [9.17, 15) is 10.3 Å². The van der Waals surface area contributed by atoms with E-state index in [2.05, 4.69) is 11.6 Å². The Morgan fingerprint density at radius 1 is 1.44 bits per heavy atom. The average molecular weight is 340 g/mol. The number of aromatic nitrogens is 1. The van der Waals surface area contributed by atoms with Gasteiger partial charge in [0, 0.05) is 30.3 Å². The molecule has 1 aromatic heterocycles. The lowest BCUT2D eigenvalue weighted by atomic mass is 9.73. The van der Waals surface area contributed by atoms with Crippen molar-refractivity contribution in [1.29, 1.82) is 0 Å². The summed E-state index contributed by atoms with van der Waals surface area (Å²) in [5, 5.41) is 25.4. The lowest BCUT2D eigenvalue weighted by Gasteiger charge is -2.61. The monoisotopic (exact) mass is 340 g/mol. The molecule has 1 aromatic carbocycles. The molecule has 0 spiro atoms. The highest BCUT2D eigenvalue weighted by Crippen LogP contribution is 2.46. The number of rotatable bonds is 4. The number of nitrogens with zero attached hydrogens (tertiary/aromatic N) is 2. The normalized spacial score (nSPS) is 32.5. The van der Waals surface area contributed by atoms with Crippen LogP contribution in [0, 0.1) is 17.0 Å². The zero-order chi connectivity index (χ0) is 17.6. The highest BCUT2D eigenvalue weighted by atomic mass is 16.6. The highest BCUT2D eigenvalue weighted by Gasteiger charge is 2.49. The van der Waals surface area contributed by atoms with Crippen LogP contribution >= 0.6 is 0 Å². The van der Waals surface area contributed by atoms with Gasteiger partial charge in [0.15, 0.2) is 0 Å². The summed E-state index contributed by atoms with van der Waals surface area (Å²) in [4.78, 5) is 4.37. The summed E-state index contributed by atoms with van der Waals surface area (Å²) in [5.74, 6) is 1.44. The van der Waals surface area contributed by atoms with Crippen molar-refractivity contribution in [2.24, 2.45) is 11.8 Å². The number of benzene rings is 1. The van der Waals surface area contributed by atoms with Gasteiger partial charge in [-0.05, 0) is 35.7 Å². The van der Waals surface area contributed by atoms with Crippen LogP contribution in [0.2, 0.25) is 0 Å². The van der Waals surface area contributed by atoms with Crippen molar-refractivity contribution >= 4 is 10.9 Å². The molecule has 25 heavy (non-hydrogen) atoms. The zero-order valence-electron chi connectivity index (χ0n) is 14.5. The second-order valence-corrected chi connectivity index (χ2v) is 7.34. The molecule has 0 aliphatic carbocycles. The number of hydrogen-bond donors (Lipinski definition) is 1. The first-order valence-corrected chi connectivity index (χ1v) is 8.87. The molecule has 4 heterocycles. The minimum atomic E-state index is -0.802. The standard InChI is InChI=1S/C20H24N2O3/c1-3-13-12-22(24)9-7-14(13)10-19(22)20(23)16-6-8-21-18-5-4-15(25-2)11-17(16)18/h3-6,8,11,13-14,19-20,23H,1,7,9-10,12H2,2H3/t13-,14-,19-,20+,22?/m0/s1. The lowest BCUT2D eigenvalue weighted by Crippen LogP contribution is -2.64. The fraction of sp³-hybridized carbons (Fsp3) is 0.450. The van der Waals surface area contributed by atoms with Crippen LogP contribution in [0.4, 0.5) is 0 Å². The van der Waals surface area contributed by atoms with Gasteiger partial charge in [0.2, 0.25) is 0 Å². The Balaban J connectivity index is 1.73. The minimum Gasteiger partial charge on any atom is -0.632 e. The van der Waals surface area contributed by atoms with Crippen LogP contribution in [0.25, 0.3) is 10.9 Å². The molecule has 5 atom stereocenters. The van der Waals surface area contributed by atoms with E-state index in [0.29, 0.717) is 19.0 Å². The number of pyridine rings is 1. The predicted molar refractivity (Wildman–Crippen MR) is 96.8 cm³/mol. The van der Waals surface area contributed by atoms with Crippen LogP contribution in [0.3, 0.4) is 0 Å². The van der Waals surface area contributed by atoms with E-state index in [1.807, 2.05) is 30.3 Å². The third-order valence-electron chi connectivity index (χ3n) is 6.12. The molecule has 0 amide bonds. The molecule has 132 valence electrons. The van der Waals surface area contributed by atoms with E-state index in [1.165, 1.54) is 0 Å². The molecule has 5 rings (SSSR count). The number of piperidine rings is 3. The molecule has 2 bridgehead atoms. The van der Waals surface area contributed by atoms with E-state index in [1.54, 1.807) is 13.3 Å². The average Bonchev–Trinajstić information content (AvgIpc) is 2.66. The minimum absolute atomic E-state index is 0.268. The highest BCUT2D eigenvalue weighted by molar-refractivity contribution is 5.83. The number of hydrogen-bond acceptors (Lipinski definition) is 4. The summed E-state index contributed by atoms with van der Waals surface area (Å²) in [6.07, 6.45) is 4.49. The van der Waals surface area contributed by atoms with Gasteiger partial charge in [0.05, 0.1) is 25.7 Å². The van der Waals surface area contributed by atoms with Gasteiger partial charge < -0.3 is 19.7 Å². The van der Waals surface area contributed by atoms with Crippen molar-refractivity contribution in [3.63, 3.8) is 0 Å². The predicted octanol–water partition coefficient (Wildman–Crippen LogP) is 3.19. The largest absolute Gasteiger partial charge is 0.632 e. The molecule has 5 heteroatoms. The van der Waals surface area contributed by atoms with Crippen LogP contribution in [-0.2, 0) is 0 Å². The topological polar surface area (TPSA) is 65.4 Å². The fourth-order valence-corrected chi connectivity index (χ4v) is 4.68. The molecule has 3 saturated heterocycles. The van der Waals surface area contributed by atoms with Crippen molar-refractivity contribution in [3.05, 3.63) is 53.9 Å². The van der Waals surface area contributed by atoms with Crippen molar-refractivity contribution in [2.45, 2.75) is 25.0 Å². The van der Waals surface area contributed by atoms with Crippen molar-refractivity contribution in [3.8, 4) is 5.75 Å². The maximum Gasteiger partial charge on any atom is 0.132 e. The summed E-state index contributed by atoms with van der Waals surface area (Å²) in [7, 11) is 1.62. The number of methoxy groups -OCH3 is 1. The number of fused-ring (bicyclic) bond motifs is 4. The molecule has 0 radical (unpaired) electrons. The number of quaternary nitrogens is 1. The SMILES string of the molecule is C=C[C@H]1C[N+]2([O-])CC[C@H]1C[C@H]2[C@H](O)c1ccnc2ccc(OC)cc12. The molecule has 1 N–H and O–H groups in total. The van der Waals surface area contributed by atoms with Crippen molar-refractivity contribution < 1.29 is 14.5 Å². The number of ether oxygens (including phenoxy) is 1. The van der Waals surface area contributed by atoms with Crippen LogP contribution < -0.4 is 4.74 Å². The van der Waals surface area contributed by atoms with Crippen LogP contribution in [0.15, 0.2) is 43.1 Å². The van der Waals surface area contributed by atoms with Gasteiger partial charge in [0.1, 0.15) is 17.9 Å². The van der Waals surface area contributed by atoms with Gasteiger partial charge in [0.25, 0.3) is 0 Å². The smallest absolute Gasteiger partial charge is 0.132 e. The second-order valence-electron chi connectivity index (χ2n) is 7.34. The molecule has 3 fully saturated rings. The number of hydroxylamine groups is 3. The summed E-state index contributed by atoms with van der Waals surface area (Å²) in [6.45, 7) is 5.01. The van der Waals surface area contributed by atoms with Crippen molar-refractivity contribution in [2.75, 3.05) is 20.2 Å². The summed E-state index contributed by atoms with van der Waals surface area (Å²) < 4.78 is 5.00. The zero-order valence-corrected chi connectivity index (χ0v) is 14.5. The maximum atomic E-state index is 13.4. The molecule has 3 aliphatic rings. The Labute approximate surface area is 147 Å². The van der Waals surface area contributed by atoms with Crippen LogP contribution in [-0.4, -0.2) is 41.0 Å². The molecule has 2 aromatic rings. The van der Waals surface area contributed by atoms with Gasteiger partial charge in [-0.3, -0.25) is 4.98 Å². The third kappa shape index (κ3) is 2.63. The lowest BCUT2D eigenvalue weighted by molar-refractivity contribution is -0.929. The third-order valence-corrected chi connectivity index (χ3v) is 6.12. The molecular weight excluding hydrogens is 316 g/mol. The van der Waals surface area contributed by atoms with E-state index >= 15 is 0 Å². The molecule has 5 nitrogen and oxygen atoms in total. The summed E-state index contributed by atoms with van der Waals surface area (Å²) in [6, 6.07) is 7.12. The number of aliphatic hydroxyl groups is 1. The fourth-order valence-electron chi connectivity index (χ4n) is 4.68. The van der Waals surface area contributed by atoms with Crippen LogP contribution in [0.5, 0.6) is 5.75 Å². The van der Waals surface area contributed by atoms with Gasteiger partial charge in [-0.15, -0.1) is 6.58 Å². The molecular formula is C20H24N2O3. The van der Waals surface area contributed by atoms with E-state index in [0.717, 1.165) is 35.1 Å².